The summed E-state index contributed by atoms with van der Waals surface area (Å²) < 4.78 is 0. The number of hydrogen-bond donors (Lipinski definition) is 2. The molecule has 72 valence electrons. The molecule has 0 fully saturated rings. The highest BCUT2D eigenvalue weighted by molar-refractivity contribution is 8.02. The van der Waals surface area contributed by atoms with E-state index in [9.17, 15) is 4.79 Å². The minimum Gasteiger partial charge on any atom is -0.480 e. The van der Waals surface area contributed by atoms with Gasteiger partial charge in [0.15, 0.2) is 0 Å². The summed E-state index contributed by atoms with van der Waals surface area (Å²) in [7, 11) is 0. The molecule has 0 bridgehead atoms. The second kappa shape index (κ2) is 7.76. The van der Waals surface area contributed by atoms with Crippen LogP contribution in [0.4, 0.5) is 0 Å². The lowest BCUT2D eigenvalue weighted by Crippen LogP contribution is -2.32. The third-order valence-corrected chi connectivity index (χ3v) is 3.44. The van der Waals surface area contributed by atoms with Gasteiger partial charge in [0.25, 0.3) is 0 Å². The van der Waals surface area contributed by atoms with Crippen LogP contribution in [0.25, 0.3) is 0 Å². The lowest BCUT2D eigenvalue weighted by atomic mass is 10.4. The number of carboxylic acids is 1. The average Bonchev–Trinajstić information content (AvgIpc) is 2.03. The summed E-state index contributed by atoms with van der Waals surface area (Å²) in [6.45, 7) is 2.11. The van der Waals surface area contributed by atoms with Gasteiger partial charge < -0.3 is 10.8 Å². The van der Waals surface area contributed by atoms with Gasteiger partial charge in [0.05, 0.1) is 0 Å². The zero-order valence-electron chi connectivity index (χ0n) is 7.16. The molecule has 0 saturated heterocycles. The molecular weight excluding hydrogens is 194 g/mol. The number of nitrogens with two attached hydrogens (primary N) is 1. The molecule has 0 aromatic rings. The van der Waals surface area contributed by atoms with Crippen LogP contribution in [0.2, 0.25) is 0 Å². The maximum Gasteiger partial charge on any atom is 0.321 e. The van der Waals surface area contributed by atoms with E-state index < -0.39 is 12.0 Å². The van der Waals surface area contributed by atoms with Gasteiger partial charge in [-0.3, -0.25) is 4.79 Å². The van der Waals surface area contributed by atoms with Gasteiger partial charge in [0.1, 0.15) is 6.04 Å². The minimum atomic E-state index is -0.911. The van der Waals surface area contributed by atoms with Crippen molar-refractivity contribution in [3.05, 3.63) is 0 Å². The Hall–Kier alpha value is 0.130. The zero-order valence-corrected chi connectivity index (χ0v) is 8.79. The Balaban J connectivity index is 3.14. The molecule has 0 aliphatic rings. The first-order valence-corrected chi connectivity index (χ1v) is 6.13. The molecule has 1 atom stereocenters. The number of carbonyl (C=O) groups is 1. The number of carboxylic acid groups (broad SMARTS) is 1. The minimum absolute atomic E-state index is 0.513. The summed E-state index contributed by atoms with van der Waals surface area (Å²) in [5.74, 6) is 2.78. The zero-order chi connectivity index (χ0) is 9.40. The predicted octanol–water partition coefficient (Wildman–Crippen LogP) is 0.885. The molecule has 0 rings (SSSR count). The van der Waals surface area contributed by atoms with Crippen molar-refractivity contribution in [3.8, 4) is 0 Å². The highest BCUT2D eigenvalue weighted by Gasteiger charge is 2.09. The van der Waals surface area contributed by atoms with Crippen molar-refractivity contribution in [2.45, 2.75) is 13.0 Å². The Labute approximate surface area is 81.5 Å². The standard InChI is InChI=1S/C7H15NO2S2/c1-2-11-3-4-12-5-6(8)7(9)10/h6H,2-5,8H2,1H3,(H,9,10)/t6-/m1/s1. The van der Waals surface area contributed by atoms with Crippen LogP contribution in [0.1, 0.15) is 6.92 Å². The fourth-order valence-corrected chi connectivity index (χ4v) is 2.34. The normalized spacial score (nSPS) is 12.8. The largest absolute Gasteiger partial charge is 0.480 e. The fraction of sp³-hybridized carbons (Fsp3) is 0.857. The average molecular weight is 209 g/mol. The van der Waals surface area contributed by atoms with Gasteiger partial charge in [0.2, 0.25) is 0 Å². The van der Waals surface area contributed by atoms with Crippen molar-refractivity contribution in [2.24, 2.45) is 5.73 Å². The summed E-state index contributed by atoms with van der Waals surface area (Å²) in [4.78, 5) is 10.3. The Morgan fingerprint density at radius 3 is 2.58 bits per heavy atom. The van der Waals surface area contributed by atoms with Gasteiger partial charge in [0, 0.05) is 17.3 Å². The molecule has 0 heterocycles. The quantitative estimate of drug-likeness (QED) is 0.610. The van der Waals surface area contributed by atoms with Crippen molar-refractivity contribution < 1.29 is 9.90 Å². The second-order valence-electron chi connectivity index (χ2n) is 2.22. The maximum atomic E-state index is 10.3. The summed E-state index contributed by atoms with van der Waals surface area (Å²) in [6, 6.07) is -0.707. The molecule has 0 aliphatic heterocycles. The van der Waals surface area contributed by atoms with Crippen LogP contribution >= 0.6 is 23.5 Å². The lowest BCUT2D eigenvalue weighted by molar-refractivity contribution is -0.137. The van der Waals surface area contributed by atoms with E-state index in [0.29, 0.717) is 5.75 Å². The highest BCUT2D eigenvalue weighted by Crippen LogP contribution is 2.07. The van der Waals surface area contributed by atoms with Gasteiger partial charge in [-0.2, -0.15) is 23.5 Å². The van der Waals surface area contributed by atoms with Crippen LogP contribution < -0.4 is 5.73 Å². The van der Waals surface area contributed by atoms with E-state index in [-0.39, 0.29) is 0 Å². The molecule has 5 heteroatoms. The Morgan fingerprint density at radius 1 is 1.50 bits per heavy atom. The topological polar surface area (TPSA) is 63.3 Å². The fourth-order valence-electron chi connectivity index (χ4n) is 0.544. The molecule has 0 amide bonds. The van der Waals surface area contributed by atoms with Crippen molar-refractivity contribution in [3.63, 3.8) is 0 Å². The molecule has 0 aromatic heterocycles. The summed E-state index contributed by atoms with van der Waals surface area (Å²) in [5, 5.41) is 8.44. The van der Waals surface area contributed by atoms with Crippen LogP contribution in [-0.2, 0) is 4.79 Å². The van der Waals surface area contributed by atoms with Crippen LogP contribution in [0.15, 0.2) is 0 Å². The van der Waals surface area contributed by atoms with Gasteiger partial charge in [-0.1, -0.05) is 6.92 Å². The Morgan fingerprint density at radius 2 is 2.08 bits per heavy atom. The van der Waals surface area contributed by atoms with E-state index >= 15 is 0 Å². The third-order valence-electron chi connectivity index (χ3n) is 1.19. The number of hydrogen-bond acceptors (Lipinski definition) is 4. The summed E-state index contributed by atoms with van der Waals surface area (Å²) >= 11 is 3.46. The van der Waals surface area contributed by atoms with E-state index in [0.717, 1.165) is 17.3 Å². The molecule has 0 spiro atoms. The van der Waals surface area contributed by atoms with Crippen molar-refractivity contribution in [1.29, 1.82) is 0 Å². The van der Waals surface area contributed by atoms with Crippen molar-refractivity contribution in [1.82, 2.24) is 0 Å². The van der Waals surface area contributed by atoms with E-state index in [1.807, 2.05) is 11.8 Å². The van der Waals surface area contributed by atoms with Gasteiger partial charge in [-0.25, -0.2) is 0 Å². The molecule has 0 saturated carbocycles. The molecule has 3 nitrogen and oxygen atoms in total. The van der Waals surface area contributed by atoms with Crippen molar-refractivity contribution >= 4 is 29.5 Å². The van der Waals surface area contributed by atoms with Crippen molar-refractivity contribution in [2.75, 3.05) is 23.0 Å². The molecule has 0 aromatic carbocycles. The predicted molar refractivity (Wildman–Crippen MR) is 55.9 cm³/mol. The van der Waals surface area contributed by atoms with Crippen LogP contribution in [0.5, 0.6) is 0 Å². The number of aliphatic carboxylic acids is 1. The second-order valence-corrected chi connectivity index (χ2v) is 4.76. The first kappa shape index (κ1) is 12.1. The molecule has 0 radical (unpaired) electrons. The first-order chi connectivity index (χ1) is 5.68. The summed E-state index contributed by atoms with van der Waals surface area (Å²) in [5.41, 5.74) is 5.30. The Kier molecular flexibility index (Phi) is 7.85. The lowest BCUT2D eigenvalue weighted by Gasteiger charge is -2.04. The molecule has 3 N–H and O–H groups in total. The molecule has 0 unspecified atom stereocenters. The molecule has 12 heavy (non-hydrogen) atoms. The van der Waals surface area contributed by atoms with Gasteiger partial charge >= 0.3 is 5.97 Å². The Bertz CT molecular complexity index is 133. The van der Waals surface area contributed by atoms with Crippen LogP contribution in [0, 0.1) is 0 Å². The highest BCUT2D eigenvalue weighted by atomic mass is 32.2. The molecular formula is C7H15NO2S2. The maximum absolute atomic E-state index is 10.3. The smallest absolute Gasteiger partial charge is 0.321 e. The van der Waals surface area contributed by atoms with E-state index in [4.69, 9.17) is 10.8 Å². The third kappa shape index (κ3) is 6.82. The summed E-state index contributed by atoms with van der Waals surface area (Å²) in [6.07, 6.45) is 0. The first-order valence-electron chi connectivity index (χ1n) is 3.82. The van der Waals surface area contributed by atoms with Crippen LogP contribution in [0.3, 0.4) is 0 Å². The van der Waals surface area contributed by atoms with Gasteiger partial charge in [-0.15, -0.1) is 0 Å². The monoisotopic (exact) mass is 209 g/mol. The van der Waals surface area contributed by atoms with Gasteiger partial charge in [-0.05, 0) is 5.75 Å². The number of rotatable bonds is 7. The SMILES string of the molecule is CCSCCSC[C@@H](N)C(=O)O. The van der Waals surface area contributed by atoms with E-state index in [2.05, 4.69) is 6.92 Å². The van der Waals surface area contributed by atoms with Crippen LogP contribution in [-0.4, -0.2) is 40.1 Å². The van der Waals surface area contributed by atoms with E-state index in [1.54, 1.807) is 11.8 Å². The molecule has 0 aliphatic carbocycles. The van der Waals surface area contributed by atoms with E-state index in [1.165, 1.54) is 0 Å². The number of thioether (sulfide) groups is 2.